The van der Waals surface area contributed by atoms with Gasteiger partial charge in [0.05, 0.1) is 0 Å². The zero-order valence-corrected chi connectivity index (χ0v) is 16.3. The monoisotopic (exact) mass is 379 g/mol. The van der Waals surface area contributed by atoms with E-state index in [0.29, 0.717) is 11.1 Å². The first-order chi connectivity index (χ1) is 13.4. The summed E-state index contributed by atoms with van der Waals surface area (Å²) in [5, 5.41) is 2.53. The third-order valence-corrected chi connectivity index (χ3v) is 5.20. The number of esters is 1. The van der Waals surface area contributed by atoms with Crippen LogP contribution in [0.1, 0.15) is 55.8 Å². The number of amides is 1. The molecule has 0 aromatic heterocycles. The largest absolute Gasteiger partial charge is 0.456 e. The number of hydrogen-bond donors (Lipinski definition) is 1. The minimum absolute atomic E-state index is 0.234. The summed E-state index contributed by atoms with van der Waals surface area (Å²) in [6.45, 7) is 3.29. The molecule has 28 heavy (non-hydrogen) atoms. The lowest BCUT2D eigenvalue weighted by Gasteiger charge is -2.16. The van der Waals surface area contributed by atoms with E-state index in [1.165, 1.54) is 17.5 Å². The third kappa shape index (κ3) is 4.85. The van der Waals surface area contributed by atoms with Crippen LogP contribution < -0.4 is 5.32 Å². The second-order valence-corrected chi connectivity index (χ2v) is 7.26. The Balaban J connectivity index is 1.48. The number of ether oxygens (including phenoxy) is 1. The lowest BCUT2D eigenvalue weighted by atomic mass is 9.90. The minimum atomic E-state index is -0.636. The number of aryl methyl sites for hydroxylation is 4. The van der Waals surface area contributed by atoms with Gasteiger partial charge < -0.3 is 10.1 Å². The first-order valence-electron chi connectivity index (χ1n) is 9.60. The lowest BCUT2D eigenvalue weighted by molar-refractivity contribution is -0.141. The average molecular weight is 379 g/mol. The van der Waals surface area contributed by atoms with E-state index in [4.69, 9.17) is 4.74 Å². The number of carbonyl (C=O) groups excluding carboxylic acids is 3. The lowest BCUT2D eigenvalue weighted by Crippen LogP contribution is -2.31. The van der Waals surface area contributed by atoms with Gasteiger partial charge in [0.2, 0.25) is 0 Å². The first kappa shape index (κ1) is 19.8. The van der Waals surface area contributed by atoms with Crippen molar-refractivity contribution in [2.75, 3.05) is 13.2 Å². The van der Waals surface area contributed by atoms with Crippen molar-refractivity contribution in [2.45, 2.75) is 39.5 Å². The highest BCUT2D eigenvalue weighted by atomic mass is 16.5. The first-order valence-corrected chi connectivity index (χ1v) is 9.60. The van der Waals surface area contributed by atoms with E-state index in [-0.39, 0.29) is 24.8 Å². The number of fused-ring (bicyclic) bond motifs is 1. The van der Waals surface area contributed by atoms with Crippen LogP contribution in [-0.2, 0) is 22.4 Å². The molecule has 0 saturated heterocycles. The molecule has 0 atom stereocenters. The zero-order chi connectivity index (χ0) is 20.1. The van der Waals surface area contributed by atoms with Gasteiger partial charge in [-0.1, -0.05) is 18.2 Å². The highest BCUT2D eigenvalue weighted by molar-refractivity contribution is 5.99. The molecule has 1 aliphatic carbocycles. The molecule has 0 aliphatic heterocycles. The summed E-state index contributed by atoms with van der Waals surface area (Å²) in [4.78, 5) is 36.3. The molecule has 146 valence electrons. The van der Waals surface area contributed by atoms with Gasteiger partial charge >= 0.3 is 5.97 Å². The van der Waals surface area contributed by atoms with Crippen LogP contribution in [0.25, 0.3) is 0 Å². The van der Waals surface area contributed by atoms with E-state index in [1.807, 2.05) is 32.0 Å². The van der Waals surface area contributed by atoms with Gasteiger partial charge in [-0.25, -0.2) is 0 Å². The number of hydrogen-bond acceptors (Lipinski definition) is 4. The predicted octanol–water partition coefficient (Wildman–Crippen LogP) is 3.34. The Labute approximate surface area is 165 Å². The maximum atomic E-state index is 12.3. The molecule has 0 fully saturated rings. The molecular formula is C23H25NO4. The van der Waals surface area contributed by atoms with E-state index >= 15 is 0 Å². The number of ketones is 1. The number of Topliss-reactive ketones (excluding diaryl/α,β-unsaturated/α-hetero) is 1. The predicted molar refractivity (Wildman–Crippen MR) is 107 cm³/mol. The molecule has 5 nitrogen and oxygen atoms in total. The van der Waals surface area contributed by atoms with Gasteiger partial charge in [0.1, 0.15) is 6.54 Å². The standard InChI is InChI=1S/C23H25NO4/c1-15-7-8-20(11-16(15)2)23(27)24-13-22(26)28-14-21(25)19-10-9-17-5-3-4-6-18(17)12-19/h7-12H,3-6,13-14H2,1-2H3,(H,24,27). The fourth-order valence-corrected chi connectivity index (χ4v) is 3.32. The molecule has 1 amide bonds. The molecular weight excluding hydrogens is 354 g/mol. The van der Waals surface area contributed by atoms with Crippen LogP contribution in [-0.4, -0.2) is 30.8 Å². The average Bonchev–Trinajstić information content (AvgIpc) is 2.71. The Morgan fingerprint density at radius 1 is 0.893 bits per heavy atom. The molecule has 5 heteroatoms. The Morgan fingerprint density at radius 2 is 1.61 bits per heavy atom. The maximum absolute atomic E-state index is 12.3. The number of benzene rings is 2. The van der Waals surface area contributed by atoms with Gasteiger partial charge in [-0.05, 0) is 80.0 Å². The summed E-state index contributed by atoms with van der Waals surface area (Å²) in [6.07, 6.45) is 4.37. The molecule has 2 aromatic rings. The van der Waals surface area contributed by atoms with Crippen LogP contribution in [0, 0.1) is 13.8 Å². The Morgan fingerprint density at radius 3 is 2.36 bits per heavy atom. The number of carbonyl (C=O) groups is 3. The van der Waals surface area contributed by atoms with Crippen molar-refractivity contribution < 1.29 is 19.1 Å². The Hall–Kier alpha value is -2.95. The zero-order valence-electron chi connectivity index (χ0n) is 16.3. The molecule has 1 aliphatic rings. The van der Waals surface area contributed by atoms with E-state index in [0.717, 1.165) is 30.4 Å². The van der Waals surface area contributed by atoms with Gasteiger partial charge in [-0.3, -0.25) is 14.4 Å². The van der Waals surface area contributed by atoms with Crippen molar-refractivity contribution in [3.05, 3.63) is 69.8 Å². The van der Waals surface area contributed by atoms with Crippen molar-refractivity contribution in [3.8, 4) is 0 Å². The van der Waals surface area contributed by atoms with E-state index in [2.05, 4.69) is 5.32 Å². The molecule has 0 bridgehead atoms. The summed E-state index contributed by atoms with van der Waals surface area (Å²) in [7, 11) is 0. The van der Waals surface area contributed by atoms with Crippen LogP contribution in [0.15, 0.2) is 36.4 Å². The number of nitrogens with one attached hydrogen (secondary N) is 1. The second kappa shape index (κ2) is 8.83. The molecule has 2 aromatic carbocycles. The summed E-state index contributed by atoms with van der Waals surface area (Å²) in [5.74, 6) is -1.22. The van der Waals surface area contributed by atoms with Crippen LogP contribution in [0.3, 0.4) is 0 Å². The van der Waals surface area contributed by atoms with Gasteiger partial charge in [-0.2, -0.15) is 0 Å². The molecule has 1 N–H and O–H groups in total. The topological polar surface area (TPSA) is 72.5 Å². The fraction of sp³-hybridized carbons (Fsp3) is 0.348. The Kier molecular flexibility index (Phi) is 6.24. The van der Waals surface area contributed by atoms with E-state index < -0.39 is 5.97 Å². The summed E-state index contributed by atoms with van der Waals surface area (Å²) in [5.41, 5.74) is 5.66. The van der Waals surface area contributed by atoms with Crippen molar-refractivity contribution in [2.24, 2.45) is 0 Å². The molecule has 0 heterocycles. The Bertz CT molecular complexity index is 917. The summed E-state index contributed by atoms with van der Waals surface area (Å²) < 4.78 is 5.03. The van der Waals surface area contributed by atoms with Crippen molar-refractivity contribution in [1.29, 1.82) is 0 Å². The highest BCUT2D eigenvalue weighted by Gasteiger charge is 2.15. The fourth-order valence-electron chi connectivity index (χ4n) is 3.32. The van der Waals surface area contributed by atoms with Gasteiger partial charge in [0, 0.05) is 11.1 Å². The molecule has 0 saturated carbocycles. The highest BCUT2D eigenvalue weighted by Crippen LogP contribution is 2.22. The van der Waals surface area contributed by atoms with Crippen molar-refractivity contribution in [1.82, 2.24) is 5.32 Å². The molecule has 0 unspecified atom stereocenters. The van der Waals surface area contributed by atoms with Crippen LogP contribution >= 0.6 is 0 Å². The van der Waals surface area contributed by atoms with Crippen molar-refractivity contribution in [3.63, 3.8) is 0 Å². The van der Waals surface area contributed by atoms with E-state index in [1.54, 1.807) is 18.2 Å². The van der Waals surface area contributed by atoms with Crippen molar-refractivity contribution >= 4 is 17.7 Å². The van der Waals surface area contributed by atoms with Crippen LogP contribution in [0.2, 0.25) is 0 Å². The normalized spacial score (nSPS) is 12.8. The molecule has 0 spiro atoms. The smallest absolute Gasteiger partial charge is 0.325 e. The third-order valence-electron chi connectivity index (χ3n) is 5.20. The quantitative estimate of drug-likeness (QED) is 0.617. The molecule has 3 rings (SSSR count). The SMILES string of the molecule is Cc1ccc(C(=O)NCC(=O)OCC(=O)c2ccc3c(c2)CCCC3)cc1C. The van der Waals surface area contributed by atoms with Crippen LogP contribution in [0.4, 0.5) is 0 Å². The minimum Gasteiger partial charge on any atom is -0.456 e. The molecule has 0 radical (unpaired) electrons. The van der Waals surface area contributed by atoms with Crippen LogP contribution in [0.5, 0.6) is 0 Å². The summed E-state index contributed by atoms with van der Waals surface area (Å²) in [6, 6.07) is 11.0. The van der Waals surface area contributed by atoms with Gasteiger partial charge in [0.25, 0.3) is 5.91 Å². The summed E-state index contributed by atoms with van der Waals surface area (Å²) >= 11 is 0. The van der Waals surface area contributed by atoms with Gasteiger partial charge in [0.15, 0.2) is 12.4 Å². The van der Waals surface area contributed by atoms with Gasteiger partial charge in [-0.15, -0.1) is 0 Å². The maximum Gasteiger partial charge on any atom is 0.325 e. The second-order valence-electron chi connectivity index (χ2n) is 7.26. The van der Waals surface area contributed by atoms with E-state index in [9.17, 15) is 14.4 Å². The number of rotatable bonds is 6.